The number of hydrogen-bond acceptors (Lipinski definition) is 3. The molecule has 2 N–H and O–H groups in total. The number of thioether (sulfide) groups is 1. The molecule has 2 aliphatic rings. The molecule has 3 heteroatoms. The van der Waals surface area contributed by atoms with Crippen LogP contribution in [-0.2, 0) is 0 Å². The lowest BCUT2D eigenvalue weighted by molar-refractivity contribution is 0.0250. The molecule has 25 heavy (non-hydrogen) atoms. The Kier molecular flexibility index (Phi) is 5.29. The van der Waals surface area contributed by atoms with Crippen LogP contribution in [0.4, 0.5) is 0 Å². The number of hydrogen-bond donors (Lipinski definition) is 2. The van der Waals surface area contributed by atoms with Gasteiger partial charge in [0.05, 0.1) is 12.2 Å². The Morgan fingerprint density at radius 1 is 0.760 bits per heavy atom. The average molecular weight is 363 g/mol. The zero-order chi connectivity index (χ0) is 19.3. The van der Waals surface area contributed by atoms with Crippen molar-refractivity contribution >= 4 is 11.8 Å². The lowest BCUT2D eigenvalue weighted by Crippen LogP contribution is -2.42. The summed E-state index contributed by atoms with van der Waals surface area (Å²) >= 11 is 1.71. The Morgan fingerprint density at radius 2 is 1.08 bits per heavy atom. The molecule has 0 bridgehead atoms. The van der Waals surface area contributed by atoms with Crippen molar-refractivity contribution in [1.29, 1.82) is 0 Å². The van der Waals surface area contributed by atoms with Crippen molar-refractivity contribution in [1.82, 2.24) is 0 Å². The molecule has 4 atom stereocenters. The van der Waals surface area contributed by atoms with Gasteiger partial charge in [0.2, 0.25) is 0 Å². The quantitative estimate of drug-likeness (QED) is 0.686. The second-order valence-electron chi connectivity index (χ2n) is 9.87. The molecule has 2 aliphatic carbocycles. The van der Waals surface area contributed by atoms with E-state index in [0.29, 0.717) is 0 Å². The van der Waals surface area contributed by atoms with Gasteiger partial charge in [-0.05, 0) is 23.0 Å². The minimum atomic E-state index is -0.477. The molecule has 4 unspecified atom stereocenters. The summed E-state index contributed by atoms with van der Waals surface area (Å²) in [4.78, 5) is 2.29. The van der Waals surface area contributed by atoms with Crippen LogP contribution in [0.1, 0.15) is 55.4 Å². The van der Waals surface area contributed by atoms with Gasteiger partial charge in [-0.15, -0.1) is 0 Å². The number of aliphatic hydroxyl groups is 2. The molecule has 2 rings (SSSR count). The van der Waals surface area contributed by atoms with E-state index in [1.807, 2.05) is 24.3 Å². The van der Waals surface area contributed by atoms with E-state index >= 15 is 0 Å². The highest BCUT2D eigenvalue weighted by molar-refractivity contribution is 8.07. The van der Waals surface area contributed by atoms with Crippen LogP contribution in [0.5, 0.6) is 0 Å². The second kappa shape index (κ2) is 6.44. The zero-order valence-electron chi connectivity index (χ0n) is 16.9. The summed E-state index contributed by atoms with van der Waals surface area (Å²) in [6.45, 7) is 17.2. The molecule has 0 heterocycles. The van der Waals surface area contributed by atoms with Crippen LogP contribution in [0, 0.1) is 21.7 Å². The molecule has 0 aromatic heterocycles. The fraction of sp³-hybridized carbons (Fsp3) is 0.636. The fourth-order valence-electron chi connectivity index (χ4n) is 3.21. The molecular formula is C22H34O2S. The molecule has 0 fully saturated rings. The molecule has 2 nitrogen and oxygen atoms in total. The maximum absolute atomic E-state index is 10.5. The number of allylic oxidation sites excluding steroid dienone is 2. The van der Waals surface area contributed by atoms with Gasteiger partial charge in [0, 0.05) is 20.6 Å². The van der Waals surface area contributed by atoms with Crippen LogP contribution in [0.15, 0.2) is 46.3 Å². The number of aliphatic hydroxyl groups excluding tert-OH is 2. The lowest BCUT2D eigenvalue weighted by atomic mass is 9.63. The highest BCUT2D eigenvalue weighted by Crippen LogP contribution is 2.50. The average Bonchev–Trinajstić information content (AvgIpc) is 2.44. The van der Waals surface area contributed by atoms with Crippen LogP contribution in [0.25, 0.3) is 0 Å². The zero-order valence-corrected chi connectivity index (χ0v) is 17.7. The van der Waals surface area contributed by atoms with Gasteiger partial charge in [-0.3, -0.25) is 0 Å². The van der Waals surface area contributed by atoms with Gasteiger partial charge in [-0.1, -0.05) is 91.5 Å². The smallest absolute Gasteiger partial charge is 0.0817 e. The van der Waals surface area contributed by atoms with Gasteiger partial charge in [-0.2, -0.15) is 0 Å². The minimum Gasteiger partial charge on any atom is -0.388 e. The summed E-state index contributed by atoms with van der Waals surface area (Å²) in [5.74, 6) is 0. The molecule has 0 saturated heterocycles. The van der Waals surface area contributed by atoms with E-state index in [1.165, 1.54) is 0 Å². The van der Waals surface area contributed by atoms with Crippen molar-refractivity contribution < 1.29 is 10.2 Å². The van der Waals surface area contributed by atoms with E-state index in [4.69, 9.17) is 0 Å². The summed E-state index contributed by atoms with van der Waals surface area (Å²) < 4.78 is 0. The predicted molar refractivity (Wildman–Crippen MR) is 109 cm³/mol. The number of rotatable bonds is 2. The summed E-state index contributed by atoms with van der Waals surface area (Å²) in [5.41, 5.74) is -0.711. The Hall–Kier alpha value is -0.770. The third-order valence-corrected chi connectivity index (χ3v) is 7.45. The third-order valence-electron chi connectivity index (χ3n) is 6.47. The normalized spacial score (nSPS) is 36.2. The van der Waals surface area contributed by atoms with Gasteiger partial charge < -0.3 is 10.2 Å². The summed E-state index contributed by atoms with van der Waals surface area (Å²) in [6.07, 6.45) is 11.3. The van der Waals surface area contributed by atoms with Gasteiger partial charge in [0.25, 0.3) is 0 Å². The van der Waals surface area contributed by atoms with Crippen LogP contribution in [0.3, 0.4) is 0 Å². The van der Waals surface area contributed by atoms with E-state index in [9.17, 15) is 10.2 Å². The first kappa shape index (κ1) is 20.5. The molecule has 0 saturated carbocycles. The topological polar surface area (TPSA) is 40.5 Å². The molecule has 0 amide bonds. The lowest BCUT2D eigenvalue weighted by Gasteiger charge is -2.45. The van der Waals surface area contributed by atoms with E-state index in [0.717, 1.165) is 9.81 Å². The molecule has 140 valence electrons. The van der Waals surface area contributed by atoms with Crippen molar-refractivity contribution in [2.75, 3.05) is 0 Å². The summed E-state index contributed by atoms with van der Waals surface area (Å²) in [7, 11) is 0. The summed E-state index contributed by atoms with van der Waals surface area (Å²) in [6, 6.07) is 0. The van der Waals surface area contributed by atoms with E-state index in [-0.39, 0.29) is 21.7 Å². The maximum Gasteiger partial charge on any atom is 0.0817 e. The minimum absolute atomic E-state index is 0.0457. The Balaban J connectivity index is 2.34. The Bertz CT molecular complexity index is 586. The van der Waals surface area contributed by atoms with Gasteiger partial charge in [0.15, 0.2) is 0 Å². The van der Waals surface area contributed by atoms with Crippen LogP contribution in [-0.4, -0.2) is 22.4 Å². The van der Waals surface area contributed by atoms with Crippen molar-refractivity contribution in [3.8, 4) is 0 Å². The van der Waals surface area contributed by atoms with Gasteiger partial charge in [0.1, 0.15) is 0 Å². The monoisotopic (exact) mass is 362 g/mol. The van der Waals surface area contributed by atoms with Crippen LogP contribution < -0.4 is 0 Å². The van der Waals surface area contributed by atoms with Crippen LogP contribution >= 0.6 is 11.8 Å². The highest BCUT2D eigenvalue weighted by atomic mass is 32.2. The van der Waals surface area contributed by atoms with Gasteiger partial charge in [-0.25, -0.2) is 0 Å². The van der Waals surface area contributed by atoms with E-state index in [1.54, 1.807) is 11.8 Å². The second-order valence-corrected chi connectivity index (χ2v) is 11.0. The first-order valence-corrected chi connectivity index (χ1v) is 9.88. The van der Waals surface area contributed by atoms with Crippen LogP contribution in [0.2, 0.25) is 0 Å². The fourth-order valence-corrected chi connectivity index (χ4v) is 4.39. The molecule has 0 aliphatic heterocycles. The standard InChI is InChI=1S/C22H34O2S/c1-19(2,3)21(7)13-15(9-11-17(21)23)25-16-10-12-18(24)22(8,14-16)20(4,5)6/h9-14,17-18,23-24H,1-8H3. The summed E-state index contributed by atoms with van der Waals surface area (Å²) in [5, 5.41) is 21.0. The predicted octanol–water partition coefficient (Wildman–Crippen LogP) is 5.45. The highest BCUT2D eigenvalue weighted by Gasteiger charge is 2.44. The maximum atomic E-state index is 10.5. The largest absolute Gasteiger partial charge is 0.388 e. The third kappa shape index (κ3) is 3.70. The van der Waals surface area contributed by atoms with Crippen molar-refractivity contribution in [2.45, 2.75) is 67.6 Å². The molecule has 0 spiro atoms. The molecular weight excluding hydrogens is 328 g/mol. The van der Waals surface area contributed by atoms with E-state index < -0.39 is 12.2 Å². The Morgan fingerprint density at radius 3 is 1.36 bits per heavy atom. The van der Waals surface area contributed by atoms with Crippen molar-refractivity contribution in [2.24, 2.45) is 21.7 Å². The van der Waals surface area contributed by atoms with Crippen molar-refractivity contribution in [3.63, 3.8) is 0 Å². The van der Waals surface area contributed by atoms with E-state index in [2.05, 4.69) is 67.5 Å². The molecule has 0 aromatic rings. The molecule has 0 aromatic carbocycles. The van der Waals surface area contributed by atoms with Gasteiger partial charge >= 0.3 is 0 Å². The molecule has 0 radical (unpaired) electrons. The first-order chi connectivity index (χ1) is 11.2. The Labute approximate surface area is 157 Å². The first-order valence-electron chi connectivity index (χ1n) is 9.07. The SMILES string of the molecule is CC(C)(C)C1(C)C=C(SC2=CC(C)(C(C)(C)C)C(O)C=C2)C=CC1O. The van der Waals surface area contributed by atoms with Crippen molar-refractivity contribution in [3.05, 3.63) is 46.3 Å².